The topological polar surface area (TPSA) is 83.8 Å². The Bertz CT molecular complexity index is 1040. The molecule has 0 atom stereocenters. The molecule has 3 rings (SSSR count). The monoisotopic (exact) mass is 439 g/mol. The fourth-order valence-corrected chi connectivity index (χ4v) is 3.12. The van der Waals surface area contributed by atoms with Crippen molar-refractivity contribution in [3.8, 4) is 34.1 Å². The molecule has 0 radical (unpaired) electrons. The minimum absolute atomic E-state index is 0.155. The van der Waals surface area contributed by atoms with E-state index in [2.05, 4.69) is 10.4 Å². The molecule has 32 heavy (non-hydrogen) atoms. The van der Waals surface area contributed by atoms with Gasteiger partial charge in [-0.25, -0.2) is 0 Å². The van der Waals surface area contributed by atoms with Gasteiger partial charge >= 0.3 is 0 Å². The van der Waals surface area contributed by atoms with Crippen molar-refractivity contribution in [2.24, 2.45) is 0 Å². The van der Waals surface area contributed by atoms with Crippen molar-refractivity contribution in [2.75, 3.05) is 34.5 Å². The summed E-state index contributed by atoms with van der Waals surface area (Å²) in [7, 11) is 4.80. The molecule has 1 aromatic heterocycles. The standard InChI is InChI=1S/C24H29N3O5/c1-24(2,23(28)25-12-13-32-20-9-7-19(29-3)8-10-20)27-16-18(15-26-27)17-6-11-21(30-4)22(14-17)31-5/h6-11,14-16H,12-13H2,1-5H3,(H,25,28). The van der Waals surface area contributed by atoms with Crippen LogP contribution in [0.3, 0.4) is 0 Å². The molecule has 0 saturated carbocycles. The first-order valence-electron chi connectivity index (χ1n) is 10.2. The Kier molecular flexibility index (Phi) is 7.25. The van der Waals surface area contributed by atoms with E-state index in [0.717, 1.165) is 16.9 Å². The predicted molar refractivity (Wildman–Crippen MR) is 122 cm³/mol. The Hall–Kier alpha value is -3.68. The van der Waals surface area contributed by atoms with E-state index in [1.165, 1.54) is 0 Å². The number of hydrogen-bond donors (Lipinski definition) is 1. The highest BCUT2D eigenvalue weighted by molar-refractivity contribution is 5.83. The second kappa shape index (κ2) is 10.1. The number of carbonyl (C=O) groups excluding carboxylic acids is 1. The maximum absolute atomic E-state index is 12.8. The number of benzene rings is 2. The molecule has 0 fully saturated rings. The first-order valence-corrected chi connectivity index (χ1v) is 10.2. The average Bonchev–Trinajstić information content (AvgIpc) is 3.32. The van der Waals surface area contributed by atoms with Gasteiger partial charge in [-0.3, -0.25) is 9.48 Å². The normalized spacial score (nSPS) is 11.0. The van der Waals surface area contributed by atoms with Gasteiger partial charge in [0.1, 0.15) is 23.6 Å². The molecule has 170 valence electrons. The van der Waals surface area contributed by atoms with Crippen LogP contribution < -0.4 is 24.3 Å². The summed E-state index contributed by atoms with van der Waals surface area (Å²) in [6, 6.07) is 12.9. The van der Waals surface area contributed by atoms with Crippen molar-refractivity contribution in [3.63, 3.8) is 0 Å². The Balaban J connectivity index is 1.59. The molecule has 0 aliphatic rings. The maximum Gasteiger partial charge on any atom is 0.247 e. The van der Waals surface area contributed by atoms with E-state index >= 15 is 0 Å². The molecule has 1 heterocycles. The number of nitrogens with one attached hydrogen (secondary N) is 1. The van der Waals surface area contributed by atoms with Gasteiger partial charge in [-0.1, -0.05) is 6.07 Å². The summed E-state index contributed by atoms with van der Waals surface area (Å²) < 4.78 is 23.1. The first-order chi connectivity index (χ1) is 15.4. The molecule has 0 unspecified atom stereocenters. The van der Waals surface area contributed by atoms with Crippen LogP contribution in [0.15, 0.2) is 54.9 Å². The third-order valence-corrected chi connectivity index (χ3v) is 5.14. The van der Waals surface area contributed by atoms with Crippen molar-refractivity contribution >= 4 is 5.91 Å². The van der Waals surface area contributed by atoms with Gasteiger partial charge in [0.25, 0.3) is 0 Å². The van der Waals surface area contributed by atoms with Crippen LogP contribution in [0.5, 0.6) is 23.0 Å². The molecule has 0 saturated heterocycles. The van der Waals surface area contributed by atoms with E-state index < -0.39 is 5.54 Å². The SMILES string of the molecule is COc1ccc(OCCNC(=O)C(C)(C)n2cc(-c3ccc(OC)c(OC)c3)cn2)cc1. The van der Waals surface area contributed by atoms with Gasteiger partial charge in [-0.05, 0) is 55.8 Å². The van der Waals surface area contributed by atoms with E-state index in [0.29, 0.717) is 30.4 Å². The third-order valence-electron chi connectivity index (χ3n) is 5.14. The van der Waals surface area contributed by atoms with Crippen molar-refractivity contribution in [1.29, 1.82) is 0 Å². The van der Waals surface area contributed by atoms with Crippen LogP contribution in [0.4, 0.5) is 0 Å². The van der Waals surface area contributed by atoms with Gasteiger partial charge in [-0.2, -0.15) is 5.10 Å². The van der Waals surface area contributed by atoms with Crippen LogP contribution in [0.2, 0.25) is 0 Å². The van der Waals surface area contributed by atoms with Gasteiger partial charge < -0.3 is 24.3 Å². The van der Waals surface area contributed by atoms with Crippen LogP contribution in [0.1, 0.15) is 13.8 Å². The minimum Gasteiger partial charge on any atom is -0.497 e. The summed E-state index contributed by atoms with van der Waals surface area (Å²) in [6.45, 7) is 4.36. The highest BCUT2D eigenvalue weighted by Gasteiger charge is 2.30. The zero-order valence-electron chi connectivity index (χ0n) is 19.0. The summed E-state index contributed by atoms with van der Waals surface area (Å²) in [5.41, 5.74) is 0.905. The van der Waals surface area contributed by atoms with Crippen molar-refractivity contribution in [1.82, 2.24) is 15.1 Å². The van der Waals surface area contributed by atoms with Crippen LogP contribution in [0, 0.1) is 0 Å². The number of carbonyl (C=O) groups is 1. The number of nitrogens with zero attached hydrogens (tertiary/aromatic N) is 2. The highest BCUT2D eigenvalue weighted by atomic mass is 16.5. The smallest absolute Gasteiger partial charge is 0.247 e. The van der Waals surface area contributed by atoms with Crippen molar-refractivity contribution in [3.05, 3.63) is 54.9 Å². The Morgan fingerprint density at radius 2 is 1.62 bits per heavy atom. The van der Waals surface area contributed by atoms with Gasteiger partial charge in [0.15, 0.2) is 11.5 Å². The van der Waals surface area contributed by atoms with Crippen LogP contribution >= 0.6 is 0 Å². The summed E-state index contributed by atoms with van der Waals surface area (Å²) in [4.78, 5) is 12.8. The number of methoxy groups -OCH3 is 3. The fraction of sp³-hybridized carbons (Fsp3) is 0.333. The molecule has 8 nitrogen and oxygen atoms in total. The predicted octanol–water partition coefficient (Wildman–Crippen LogP) is 3.51. The lowest BCUT2D eigenvalue weighted by atomic mass is 10.0. The highest BCUT2D eigenvalue weighted by Crippen LogP contribution is 2.32. The van der Waals surface area contributed by atoms with E-state index in [-0.39, 0.29) is 5.91 Å². The van der Waals surface area contributed by atoms with E-state index in [1.54, 1.807) is 32.2 Å². The quantitative estimate of drug-likeness (QED) is 0.487. The van der Waals surface area contributed by atoms with E-state index in [4.69, 9.17) is 18.9 Å². The zero-order valence-corrected chi connectivity index (χ0v) is 19.0. The molecule has 0 aliphatic heterocycles. The molecule has 0 spiro atoms. The molecule has 2 aromatic carbocycles. The molecule has 0 bridgehead atoms. The molecule has 0 aliphatic carbocycles. The Morgan fingerprint density at radius 3 is 2.28 bits per heavy atom. The van der Waals surface area contributed by atoms with Gasteiger partial charge in [0.2, 0.25) is 5.91 Å². The molecular weight excluding hydrogens is 410 g/mol. The lowest BCUT2D eigenvalue weighted by Gasteiger charge is -2.24. The number of aromatic nitrogens is 2. The molecular formula is C24H29N3O5. The summed E-state index contributed by atoms with van der Waals surface area (Å²) in [5.74, 6) is 2.61. The van der Waals surface area contributed by atoms with Crippen LogP contribution in [-0.2, 0) is 10.3 Å². The lowest BCUT2D eigenvalue weighted by Crippen LogP contribution is -2.45. The second-order valence-corrected chi connectivity index (χ2v) is 7.58. The Labute approximate surface area is 188 Å². The molecule has 8 heteroatoms. The Morgan fingerprint density at radius 1 is 0.938 bits per heavy atom. The molecule has 1 N–H and O–H groups in total. The molecule has 1 amide bonds. The second-order valence-electron chi connectivity index (χ2n) is 7.58. The number of amides is 1. The largest absolute Gasteiger partial charge is 0.497 e. The third kappa shape index (κ3) is 5.14. The van der Waals surface area contributed by atoms with E-state index in [1.807, 2.05) is 62.5 Å². The average molecular weight is 440 g/mol. The van der Waals surface area contributed by atoms with Crippen molar-refractivity contribution < 1.29 is 23.7 Å². The fourth-order valence-electron chi connectivity index (χ4n) is 3.12. The molecule has 3 aromatic rings. The van der Waals surface area contributed by atoms with Crippen molar-refractivity contribution in [2.45, 2.75) is 19.4 Å². The van der Waals surface area contributed by atoms with Gasteiger partial charge in [-0.15, -0.1) is 0 Å². The number of ether oxygens (including phenoxy) is 4. The van der Waals surface area contributed by atoms with Gasteiger partial charge in [0, 0.05) is 11.8 Å². The minimum atomic E-state index is -0.880. The lowest BCUT2D eigenvalue weighted by molar-refractivity contribution is -0.128. The van der Waals surface area contributed by atoms with E-state index in [9.17, 15) is 4.79 Å². The van der Waals surface area contributed by atoms with Crippen LogP contribution in [0.25, 0.3) is 11.1 Å². The summed E-state index contributed by atoms with van der Waals surface area (Å²) >= 11 is 0. The maximum atomic E-state index is 12.8. The summed E-state index contributed by atoms with van der Waals surface area (Å²) in [6.07, 6.45) is 3.57. The van der Waals surface area contributed by atoms with Crippen LogP contribution in [-0.4, -0.2) is 50.2 Å². The number of hydrogen-bond acceptors (Lipinski definition) is 6. The van der Waals surface area contributed by atoms with Gasteiger partial charge in [0.05, 0.1) is 34.1 Å². The number of rotatable bonds is 10. The zero-order chi connectivity index (χ0) is 23.1. The summed E-state index contributed by atoms with van der Waals surface area (Å²) in [5, 5.41) is 7.33. The first kappa shape index (κ1) is 23.0.